The molecule has 0 saturated heterocycles. The topological polar surface area (TPSA) is 116 Å². The molecule has 3 heterocycles. The molecule has 1 N–H and O–H groups in total. The SMILES string of the molecule is COC(=O)c1cc(NC(=O)c2ccc3ccccc3c2)cc(-n2c(=O)c(Cc3cccnc3)nc3cccnc32)c1. The molecule has 0 aliphatic rings. The van der Waals surface area contributed by atoms with Gasteiger partial charge >= 0.3 is 5.97 Å². The van der Waals surface area contributed by atoms with Crippen molar-refractivity contribution in [3.8, 4) is 5.69 Å². The highest BCUT2D eigenvalue weighted by molar-refractivity contribution is 6.07. The smallest absolute Gasteiger partial charge is 0.337 e. The van der Waals surface area contributed by atoms with E-state index in [0.717, 1.165) is 16.3 Å². The third kappa shape index (κ3) is 5.16. The molecule has 0 atom stereocenters. The molecule has 0 saturated carbocycles. The molecule has 0 aliphatic heterocycles. The van der Waals surface area contributed by atoms with E-state index in [9.17, 15) is 14.4 Å². The van der Waals surface area contributed by atoms with Crippen LogP contribution >= 0.6 is 0 Å². The Morgan fingerprint density at radius 3 is 2.51 bits per heavy atom. The molecule has 6 aromatic rings. The predicted molar refractivity (Wildman–Crippen MR) is 155 cm³/mol. The maximum Gasteiger partial charge on any atom is 0.337 e. The summed E-state index contributed by atoms with van der Waals surface area (Å²) in [5.74, 6) is -0.992. The number of amides is 1. The van der Waals surface area contributed by atoms with Crippen LogP contribution in [0.3, 0.4) is 0 Å². The van der Waals surface area contributed by atoms with E-state index in [1.165, 1.54) is 23.8 Å². The number of rotatable bonds is 6. The third-order valence-corrected chi connectivity index (χ3v) is 6.64. The van der Waals surface area contributed by atoms with E-state index in [2.05, 4.69) is 20.3 Å². The Morgan fingerprint density at radius 1 is 0.878 bits per heavy atom. The first-order valence-corrected chi connectivity index (χ1v) is 12.8. The summed E-state index contributed by atoms with van der Waals surface area (Å²) in [6.07, 6.45) is 5.15. The van der Waals surface area contributed by atoms with Gasteiger partial charge in [-0.1, -0.05) is 36.4 Å². The average molecular weight is 542 g/mol. The number of methoxy groups -OCH3 is 1. The van der Waals surface area contributed by atoms with Crippen molar-refractivity contribution >= 4 is 39.5 Å². The second-order valence-corrected chi connectivity index (χ2v) is 9.36. The van der Waals surface area contributed by atoms with Crippen LogP contribution < -0.4 is 10.9 Å². The highest BCUT2D eigenvalue weighted by Crippen LogP contribution is 2.23. The summed E-state index contributed by atoms with van der Waals surface area (Å²) in [6, 6.07) is 25.0. The van der Waals surface area contributed by atoms with Gasteiger partial charge in [-0.15, -0.1) is 0 Å². The Bertz CT molecular complexity index is 2000. The summed E-state index contributed by atoms with van der Waals surface area (Å²) in [4.78, 5) is 52.9. The van der Waals surface area contributed by atoms with Crippen LogP contribution in [0.25, 0.3) is 27.6 Å². The van der Waals surface area contributed by atoms with Gasteiger partial charge in [-0.3, -0.25) is 19.1 Å². The maximum atomic E-state index is 13.9. The fraction of sp³-hybridized carbons (Fsp3) is 0.0625. The normalized spacial score (nSPS) is 11.0. The maximum absolute atomic E-state index is 13.9. The van der Waals surface area contributed by atoms with E-state index in [1.54, 1.807) is 55.0 Å². The number of carbonyl (C=O) groups excluding carboxylic acids is 2. The van der Waals surface area contributed by atoms with Crippen molar-refractivity contribution < 1.29 is 14.3 Å². The number of hydrogen-bond acceptors (Lipinski definition) is 7. The van der Waals surface area contributed by atoms with Crippen molar-refractivity contribution in [1.82, 2.24) is 19.5 Å². The molecular formula is C32H23N5O4. The van der Waals surface area contributed by atoms with Gasteiger partial charge in [-0.2, -0.15) is 0 Å². The summed E-state index contributed by atoms with van der Waals surface area (Å²) in [6.45, 7) is 0. The van der Waals surface area contributed by atoms with Crippen molar-refractivity contribution in [2.45, 2.75) is 6.42 Å². The van der Waals surface area contributed by atoms with Crippen molar-refractivity contribution in [2.75, 3.05) is 12.4 Å². The number of hydrogen-bond donors (Lipinski definition) is 1. The number of nitrogens with one attached hydrogen (secondary N) is 1. The molecule has 0 unspecified atom stereocenters. The van der Waals surface area contributed by atoms with Crippen LogP contribution in [0.1, 0.15) is 32.0 Å². The molecule has 0 bridgehead atoms. The number of fused-ring (bicyclic) bond motifs is 2. The van der Waals surface area contributed by atoms with Gasteiger partial charge in [0, 0.05) is 36.3 Å². The number of ether oxygens (including phenoxy) is 1. The van der Waals surface area contributed by atoms with E-state index in [0.29, 0.717) is 28.1 Å². The molecular weight excluding hydrogens is 518 g/mol. The fourth-order valence-corrected chi connectivity index (χ4v) is 4.70. The van der Waals surface area contributed by atoms with E-state index < -0.39 is 11.5 Å². The van der Waals surface area contributed by atoms with Crippen molar-refractivity contribution in [1.29, 1.82) is 0 Å². The quantitative estimate of drug-likeness (QED) is 0.296. The van der Waals surface area contributed by atoms with Crippen LogP contribution in [-0.4, -0.2) is 38.5 Å². The number of esters is 1. The molecule has 9 nitrogen and oxygen atoms in total. The van der Waals surface area contributed by atoms with Gasteiger partial charge in [-0.25, -0.2) is 14.8 Å². The number of aromatic nitrogens is 4. The molecule has 9 heteroatoms. The van der Waals surface area contributed by atoms with Crippen LogP contribution in [0, 0.1) is 0 Å². The first-order chi connectivity index (χ1) is 20.0. The Labute approximate surface area is 234 Å². The Balaban J connectivity index is 1.47. The number of benzene rings is 3. The lowest BCUT2D eigenvalue weighted by molar-refractivity contribution is 0.0600. The Kier molecular flexibility index (Phi) is 6.75. The van der Waals surface area contributed by atoms with Crippen LogP contribution in [0.4, 0.5) is 5.69 Å². The van der Waals surface area contributed by atoms with Gasteiger partial charge in [0.1, 0.15) is 11.2 Å². The molecule has 0 radical (unpaired) electrons. The zero-order valence-electron chi connectivity index (χ0n) is 21.9. The lowest BCUT2D eigenvalue weighted by Gasteiger charge is -2.15. The lowest BCUT2D eigenvalue weighted by atomic mass is 10.1. The van der Waals surface area contributed by atoms with Crippen molar-refractivity contribution in [3.63, 3.8) is 0 Å². The first kappa shape index (κ1) is 25.6. The van der Waals surface area contributed by atoms with Crippen molar-refractivity contribution in [2.24, 2.45) is 0 Å². The molecule has 41 heavy (non-hydrogen) atoms. The largest absolute Gasteiger partial charge is 0.465 e. The van der Waals surface area contributed by atoms with Crippen LogP contribution in [0.5, 0.6) is 0 Å². The van der Waals surface area contributed by atoms with Gasteiger partial charge in [0.2, 0.25) is 0 Å². The minimum Gasteiger partial charge on any atom is -0.465 e. The van der Waals surface area contributed by atoms with E-state index in [1.807, 2.05) is 36.4 Å². The summed E-state index contributed by atoms with van der Waals surface area (Å²) >= 11 is 0. The summed E-state index contributed by atoms with van der Waals surface area (Å²) < 4.78 is 6.36. The monoisotopic (exact) mass is 541 g/mol. The number of pyridine rings is 2. The van der Waals surface area contributed by atoms with E-state index in [-0.39, 0.29) is 23.6 Å². The van der Waals surface area contributed by atoms with Gasteiger partial charge in [0.15, 0.2) is 5.65 Å². The minimum absolute atomic E-state index is 0.153. The van der Waals surface area contributed by atoms with Gasteiger partial charge in [-0.05, 0) is 64.9 Å². The first-order valence-electron chi connectivity index (χ1n) is 12.8. The number of nitrogens with zero attached hydrogens (tertiary/aromatic N) is 4. The second kappa shape index (κ2) is 10.8. The molecule has 200 valence electrons. The average Bonchev–Trinajstić information content (AvgIpc) is 3.01. The predicted octanol–water partition coefficient (Wildman–Crippen LogP) is 4.96. The van der Waals surface area contributed by atoms with E-state index in [4.69, 9.17) is 4.74 Å². The Hall–Kier alpha value is -5.70. The standard InChI is InChI=1S/C32H23N5O4/c1-41-32(40)24-16-25(35-30(38)23-11-10-21-7-2-3-8-22(21)15-23)18-26(17-24)37-29-27(9-5-13-34-29)36-28(31(37)39)14-20-6-4-12-33-19-20/h2-13,15-19H,14H2,1H3,(H,35,38). The fourth-order valence-electron chi connectivity index (χ4n) is 4.70. The molecule has 3 aromatic heterocycles. The van der Waals surface area contributed by atoms with Gasteiger partial charge in [0.25, 0.3) is 11.5 Å². The molecule has 6 rings (SSSR count). The van der Waals surface area contributed by atoms with Gasteiger partial charge in [0.05, 0.1) is 18.4 Å². The minimum atomic E-state index is -0.622. The third-order valence-electron chi connectivity index (χ3n) is 6.64. The highest BCUT2D eigenvalue weighted by atomic mass is 16.5. The van der Waals surface area contributed by atoms with Crippen LogP contribution in [0.2, 0.25) is 0 Å². The molecule has 1 amide bonds. The van der Waals surface area contributed by atoms with Crippen LogP contribution in [0.15, 0.2) is 108 Å². The highest BCUT2D eigenvalue weighted by Gasteiger charge is 2.18. The zero-order valence-corrected chi connectivity index (χ0v) is 21.9. The Morgan fingerprint density at radius 2 is 1.71 bits per heavy atom. The number of carbonyl (C=O) groups is 2. The zero-order chi connectivity index (χ0) is 28.3. The molecule has 0 fully saturated rings. The molecule has 0 aliphatic carbocycles. The van der Waals surface area contributed by atoms with Gasteiger partial charge < -0.3 is 10.1 Å². The van der Waals surface area contributed by atoms with Crippen molar-refractivity contribution in [3.05, 3.63) is 136 Å². The molecule has 3 aromatic carbocycles. The summed E-state index contributed by atoms with van der Waals surface area (Å²) in [7, 11) is 1.27. The number of anilines is 1. The second-order valence-electron chi connectivity index (χ2n) is 9.36. The summed E-state index contributed by atoms with van der Waals surface area (Å²) in [5, 5.41) is 4.80. The lowest BCUT2D eigenvalue weighted by Crippen LogP contribution is -2.26. The summed E-state index contributed by atoms with van der Waals surface area (Å²) in [5.41, 5.74) is 2.72. The van der Waals surface area contributed by atoms with Crippen LogP contribution in [-0.2, 0) is 11.2 Å². The van der Waals surface area contributed by atoms with E-state index >= 15 is 0 Å². The molecule has 0 spiro atoms.